The minimum absolute atomic E-state index is 0.108. The van der Waals surface area contributed by atoms with Crippen molar-refractivity contribution < 1.29 is 18.3 Å². The Hall–Kier alpha value is -2.14. The Bertz CT molecular complexity index is 646. The Morgan fingerprint density at radius 2 is 1.95 bits per heavy atom. The molecule has 3 nitrogen and oxygen atoms in total. The molecule has 1 heterocycles. The Labute approximate surface area is 121 Å². The number of halogens is 2. The number of ether oxygens (including phenoxy) is 2. The fraction of sp³-hybridized carbons (Fsp3) is 0.250. The van der Waals surface area contributed by atoms with Crippen molar-refractivity contribution in [3.8, 4) is 11.5 Å². The lowest BCUT2D eigenvalue weighted by Gasteiger charge is -2.17. The first-order valence-corrected chi connectivity index (χ1v) is 6.70. The van der Waals surface area contributed by atoms with Crippen LogP contribution in [0.5, 0.6) is 11.5 Å². The van der Waals surface area contributed by atoms with Crippen molar-refractivity contribution in [1.82, 2.24) is 0 Å². The largest absolute Gasteiger partial charge is 0.493 e. The van der Waals surface area contributed by atoms with Gasteiger partial charge in [-0.3, -0.25) is 0 Å². The van der Waals surface area contributed by atoms with Gasteiger partial charge in [0.25, 0.3) is 0 Å². The SMILES string of the molecule is NC(c1ccc2c(c1)CCO2)c1ccccc1OC(F)F. The third-order valence-corrected chi connectivity index (χ3v) is 3.54. The molecule has 3 rings (SSSR count). The predicted octanol–water partition coefficient (Wildman–Crippen LogP) is 3.27. The third-order valence-electron chi connectivity index (χ3n) is 3.54. The van der Waals surface area contributed by atoms with Crippen LogP contribution in [0, 0.1) is 0 Å². The number of fused-ring (bicyclic) bond motifs is 1. The van der Waals surface area contributed by atoms with Crippen LogP contribution in [0.1, 0.15) is 22.7 Å². The van der Waals surface area contributed by atoms with Gasteiger partial charge in [-0.1, -0.05) is 30.3 Å². The van der Waals surface area contributed by atoms with Crippen LogP contribution in [0.3, 0.4) is 0 Å². The summed E-state index contributed by atoms with van der Waals surface area (Å²) in [7, 11) is 0. The van der Waals surface area contributed by atoms with Gasteiger partial charge in [0.15, 0.2) is 0 Å². The molecular weight excluding hydrogens is 276 g/mol. The number of para-hydroxylation sites is 1. The van der Waals surface area contributed by atoms with E-state index in [9.17, 15) is 8.78 Å². The van der Waals surface area contributed by atoms with Crippen molar-refractivity contribution in [2.45, 2.75) is 19.1 Å². The fourth-order valence-corrected chi connectivity index (χ4v) is 2.52. The molecule has 1 aliphatic heterocycles. The summed E-state index contributed by atoms with van der Waals surface area (Å²) < 4.78 is 34.9. The first kappa shape index (κ1) is 13.8. The summed E-state index contributed by atoms with van der Waals surface area (Å²) in [5.41, 5.74) is 8.70. The van der Waals surface area contributed by atoms with Gasteiger partial charge in [0.2, 0.25) is 0 Å². The summed E-state index contributed by atoms with van der Waals surface area (Å²) in [5.74, 6) is 0.972. The minimum atomic E-state index is -2.87. The molecule has 0 saturated heterocycles. The van der Waals surface area contributed by atoms with Gasteiger partial charge < -0.3 is 15.2 Å². The summed E-state index contributed by atoms with van der Waals surface area (Å²) in [4.78, 5) is 0. The maximum Gasteiger partial charge on any atom is 0.387 e. The van der Waals surface area contributed by atoms with Crippen LogP contribution in [-0.2, 0) is 6.42 Å². The molecule has 2 aromatic carbocycles. The second-order valence-corrected chi connectivity index (χ2v) is 4.86. The number of hydrogen-bond acceptors (Lipinski definition) is 3. The van der Waals surface area contributed by atoms with Crippen molar-refractivity contribution in [1.29, 1.82) is 0 Å². The molecule has 0 aromatic heterocycles. The minimum Gasteiger partial charge on any atom is -0.493 e. The van der Waals surface area contributed by atoms with Gasteiger partial charge in [-0.2, -0.15) is 8.78 Å². The normalized spacial score (nSPS) is 14.7. The molecule has 0 spiro atoms. The van der Waals surface area contributed by atoms with Crippen molar-refractivity contribution in [2.75, 3.05) is 6.61 Å². The maximum atomic E-state index is 12.5. The smallest absolute Gasteiger partial charge is 0.387 e. The van der Waals surface area contributed by atoms with Crippen LogP contribution in [0.15, 0.2) is 42.5 Å². The summed E-state index contributed by atoms with van der Waals surface area (Å²) in [6.07, 6.45) is 0.838. The molecule has 5 heteroatoms. The number of hydrogen-bond donors (Lipinski definition) is 1. The quantitative estimate of drug-likeness (QED) is 0.940. The van der Waals surface area contributed by atoms with E-state index >= 15 is 0 Å². The van der Waals surface area contributed by atoms with Gasteiger partial charge in [0.05, 0.1) is 12.6 Å². The molecule has 110 valence electrons. The lowest BCUT2D eigenvalue weighted by atomic mass is 9.96. The van der Waals surface area contributed by atoms with Crippen LogP contribution in [0.4, 0.5) is 8.78 Å². The van der Waals surface area contributed by atoms with Gasteiger partial charge in [0.1, 0.15) is 11.5 Å². The van der Waals surface area contributed by atoms with Gasteiger partial charge in [-0.05, 0) is 23.3 Å². The van der Waals surface area contributed by atoms with Gasteiger partial charge in [-0.15, -0.1) is 0 Å². The molecule has 1 atom stereocenters. The van der Waals surface area contributed by atoms with Crippen molar-refractivity contribution in [3.63, 3.8) is 0 Å². The highest BCUT2D eigenvalue weighted by Gasteiger charge is 2.19. The Morgan fingerprint density at radius 1 is 1.14 bits per heavy atom. The topological polar surface area (TPSA) is 44.5 Å². The van der Waals surface area contributed by atoms with Crippen molar-refractivity contribution in [3.05, 3.63) is 59.2 Å². The lowest BCUT2D eigenvalue weighted by Crippen LogP contribution is -2.15. The van der Waals surface area contributed by atoms with E-state index in [0.717, 1.165) is 23.3 Å². The van der Waals surface area contributed by atoms with Gasteiger partial charge >= 0.3 is 6.61 Å². The first-order chi connectivity index (χ1) is 10.1. The molecule has 0 fully saturated rings. The van der Waals surface area contributed by atoms with E-state index < -0.39 is 12.7 Å². The molecule has 0 bridgehead atoms. The second kappa shape index (κ2) is 5.69. The van der Waals surface area contributed by atoms with Crippen LogP contribution in [0.2, 0.25) is 0 Å². The van der Waals surface area contributed by atoms with E-state index in [1.54, 1.807) is 18.2 Å². The van der Waals surface area contributed by atoms with Crippen molar-refractivity contribution >= 4 is 0 Å². The third kappa shape index (κ3) is 2.83. The van der Waals surface area contributed by atoms with E-state index in [4.69, 9.17) is 10.5 Å². The van der Waals surface area contributed by atoms with E-state index in [1.807, 2.05) is 18.2 Å². The van der Waals surface area contributed by atoms with Crippen LogP contribution in [-0.4, -0.2) is 13.2 Å². The number of alkyl halides is 2. The number of nitrogens with two attached hydrogens (primary N) is 1. The molecule has 21 heavy (non-hydrogen) atoms. The zero-order chi connectivity index (χ0) is 14.8. The molecule has 1 aliphatic rings. The highest BCUT2D eigenvalue weighted by molar-refractivity contribution is 5.46. The first-order valence-electron chi connectivity index (χ1n) is 6.70. The predicted molar refractivity (Wildman–Crippen MR) is 74.7 cm³/mol. The number of benzene rings is 2. The Kier molecular flexibility index (Phi) is 3.75. The zero-order valence-electron chi connectivity index (χ0n) is 11.3. The highest BCUT2D eigenvalue weighted by Crippen LogP contribution is 2.33. The number of rotatable bonds is 4. The van der Waals surface area contributed by atoms with Crippen LogP contribution >= 0.6 is 0 Å². The fourth-order valence-electron chi connectivity index (χ4n) is 2.52. The molecule has 2 N–H and O–H groups in total. The lowest BCUT2D eigenvalue weighted by molar-refractivity contribution is -0.0505. The maximum absolute atomic E-state index is 12.5. The summed E-state index contributed by atoms with van der Waals surface area (Å²) >= 11 is 0. The van der Waals surface area contributed by atoms with Gasteiger partial charge in [0, 0.05) is 12.0 Å². The van der Waals surface area contributed by atoms with Gasteiger partial charge in [-0.25, -0.2) is 0 Å². The van der Waals surface area contributed by atoms with E-state index in [-0.39, 0.29) is 5.75 Å². The molecule has 0 amide bonds. The average Bonchev–Trinajstić information content (AvgIpc) is 2.94. The van der Waals surface area contributed by atoms with Crippen LogP contribution in [0.25, 0.3) is 0 Å². The molecule has 0 aliphatic carbocycles. The van der Waals surface area contributed by atoms with Crippen LogP contribution < -0.4 is 15.2 Å². The molecule has 0 saturated carbocycles. The van der Waals surface area contributed by atoms with E-state index in [1.165, 1.54) is 6.07 Å². The molecule has 0 radical (unpaired) electrons. The van der Waals surface area contributed by atoms with Crippen molar-refractivity contribution in [2.24, 2.45) is 5.73 Å². The molecular formula is C16H15F2NO2. The summed E-state index contributed by atoms with van der Waals surface area (Å²) in [5, 5.41) is 0. The standard InChI is InChI=1S/C16H15F2NO2/c17-16(18)21-14-4-2-1-3-12(14)15(19)11-5-6-13-10(9-11)7-8-20-13/h1-6,9,15-16H,7-8,19H2. The second-order valence-electron chi connectivity index (χ2n) is 4.86. The monoisotopic (exact) mass is 291 g/mol. The summed E-state index contributed by atoms with van der Waals surface area (Å²) in [6.45, 7) is -2.20. The van der Waals surface area contributed by atoms with E-state index in [2.05, 4.69) is 4.74 Å². The average molecular weight is 291 g/mol. The molecule has 1 unspecified atom stereocenters. The zero-order valence-corrected chi connectivity index (χ0v) is 11.3. The Morgan fingerprint density at radius 3 is 2.76 bits per heavy atom. The Balaban J connectivity index is 1.93. The highest BCUT2D eigenvalue weighted by atomic mass is 19.3. The molecule has 2 aromatic rings. The summed E-state index contributed by atoms with van der Waals surface area (Å²) in [6, 6.07) is 11.8. The van der Waals surface area contributed by atoms with E-state index in [0.29, 0.717) is 12.2 Å².